The number of aliphatic hydroxyl groups is 1. The van der Waals surface area contributed by atoms with Crippen molar-refractivity contribution in [2.24, 2.45) is 22.2 Å². The van der Waals surface area contributed by atoms with Crippen molar-refractivity contribution in [1.82, 2.24) is 16.0 Å². The van der Waals surface area contributed by atoms with Gasteiger partial charge < -0.3 is 43.4 Å². The summed E-state index contributed by atoms with van der Waals surface area (Å²) in [4.78, 5) is 50.4. The van der Waals surface area contributed by atoms with Crippen molar-refractivity contribution < 1.29 is 29.4 Å². The van der Waals surface area contributed by atoms with E-state index in [4.69, 9.17) is 22.3 Å². The number of guanidine groups is 1. The van der Waals surface area contributed by atoms with Crippen LogP contribution >= 0.6 is 0 Å². The number of nitrogens with one attached hydrogen (secondary N) is 3. The number of carbonyl (C=O) groups excluding carboxylic acids is 3. The Hall–Kier alpha value is -2.93. The summed E-state index contributed by atoms with van der Waals surface area (Å²) < 4.78 is 0. The van der Waals surface area contributed by atoms with Gasteiger partial charge in [-0.05, 0) is 26.7 Å². The van der Waals surface area contributed by atoms with Crippen LogP contribution in [-0.2, 0) is 19.2 Å². The predicted molar refractivity (Wildman–Crippen MR) is 99.7 cm³/mol. The van der Waals surface area contributed by atoms with E-state index in [0.29, 0.717) is 6.42 Å². The van der Waals surface area contributed by atoms with Gasteiger partial charge in [-0.25, -0.2) is 4.79 Å². The molecule has 4 atom stereocenters. The Morgan fingerprint density at radius 2 is 1.68 bits per heavy atom. The third-order valence-electron chi connectivity index (χ3n) is 3.58. The monoisotopic (exact) mass is 403 g/mol. The number of carboxylic acids is 1. The molecule has 0 bridgehead atoms. The fourth-order valence-electron chi connectivity index (χ4n) is 1.92. The van der Waals surface area contributed by atoms with Gasteiger partial charge in [0.25, 0.3) is 0 Å². The number of carboxylic acid groups (broad SMARTS) is 1. The summed E-state index contributed by atoms with van der Waals surface area (Å²) in [5.41, 5.74) is 15.7. The topological polar surface area (TPSA) is 235 Å². The fourth-order valence-corrected chi connectivity index (χ4v) is 1.92. The zero-order valence-corrected chi connectivity index (χ0v) is 15.8. The van der Waals surface area contributed by atoms with Crippen LogP contribution in [0.15, 0.2) is 4.99 Å². The molecule has 0 heterocycles. The molecule has 4 unspecified atom stereocenters. The quantitative estimate of drug-likeness (QED) is 0.0897. The lowest BCUT2D eigenvalue weighted by atomic mass is 10.1. The third kappa shape index (κ3) is 10.3. The van der Waals surface area contributed by atoms with E-state index >= 15 is 0 Å². The van der Waals surface area contributed by atoms with Gasteiger partial charge in [-0.3, -0.25) is 19.4 Å². The number of carbonyl (C=O) groups is 4. The fraction of sp³-hybridized carbons (Fsp3) is 0.667. The lowest BCUT2D eigenvalue weighted by molar-refractivity contribution is -0.142. The van der Waals surface area contributed by atoms with Crippen LogP contribution in [0.25, 0.3) is 0 Å². The molecule has 0 fully saturated rings. The van der Waals surface area contributed by atoms with E-state index in [1.165, 1.54) is 13.8 Å². The van der Waals surface area contributed by atoms with E-state index in [2.05, 4.69) is 20.9 Å². The maximum atomic E-state index is 12.1. The van der Waals surface area contributed by atoms with Gasteiger partial charge in [-0.15, -0.1) is 0 Å². The van der Waals surface area contributed by atoms with Crippen molar-refractivity contribution in [3.05, 3.63) is 0 Å². The summed E-state index contributed by atoms with van der Waals surface area (Å²) in [5.74, 6) is -3.48. The summed E-state index contributed by atoms with van der Waals surface area (Å²) >= 11 is 0. The van der Waals surface area contributed by atoms with Gasteiger partial charge in [0.05, 0.1) is 12.6 Å². The van der Waals surface area contributed by atoms with Crippen molar-refractivity contribution in [2.75, 3.05) is 13.1 Å². The van der Waals surface area contributed by atoms with Crippen LogP contribution in [0.3, 0.4) is 0 Å². The summed E-state index contributed by atoms with van der Waals surface area (Å²) in [6, 6.07) is -3.41. The minimum atomic E-state index is -1.24. The molecule has 3 amide bonds. The van der Waals surface area contributed by atoms with Gasteiger partial charge >= 0.3 is 5.97 Å². The molecule has 13 nitrogen and oxygen atoms in total. The van der Waals surface area contributed by atoms with Crippen LogP contribution in [0.1, 0.15) is 26.7 Å². The highest BCUT2D eigenvalue weighted by Gasteiger charge is 2.24. The van der Waals surface area contributed by atoms with Crippen LogP contribution in [0.2, 0.25) is 0 Å². The molecule has 0 aliphatic carbocycles. The molecule has 0 radical (unpaired) electrons. The second-order valence-corrected chi connectivity index (χ2v) is 6.12. The average molecular weight is 403 g/mol. The number of amides is 3. The molecule has 28 heavy (non-hydrogen) atoms. The van der Waals surface area contributed by atoms with E-state index in [1.54, 1.807) is 0 Å². The van der Waals surface area contributed by atoms with Crippen molar-refractivity contribution in [3.8, 4) is 0 Å². The molecular weight excluding hydrogens is 374 g/mol. The van der Waals surface area contributed by atoms with Gasteiger partial charge in [0, 0.05) is 6.54 Å². The highest BCUT2D eigenvalue weighted by molar-refractivity contribution is 5.92. The Morgan fingerprint density at radius 1 is 1.07 bits per heavy atom. The highest BCUT2D eigenvalue weighted by Crippen LogP contribution is 1.99. The van der Waals surface area contributed by atoms with Gasteiger partial charge in [0.2, 0.25) is 17.7 Å². The molecular formula is C15H29N7O6. The summed E-state index contributed by atoms with van der Waals surface area (Å²) in [6.45, 7) is 2.43. The Balaban J connectivity index is 4.46. The smallest absolute Gasteiger partial charge is 0.326 e. The van der Waals surface area contributed by atoms with Crippen LogP contribution in [0.5, 0.6) is 0 Å². The van der Waals surface area contributed by atoms with Crippen molar-refractivity contribution in [1.29, 1.82) is 0 Å². The van der Waals surface area contributed by atoms with E-state index in [9.17, 15) is 24.3 Å². The number of aliphatic hydroxyl groups excluding tert-OH is 1. The molecule has 0 aromatic heterocycles. The molecule has 0 aliphatic rings. The van der Waals surface area contributed by atoms with Crippen LogP contribution in [-0.4, -0.2) is 77.2 Å². The van der Waals surface area contributed by atoms with Gasteiger partial charge in [-0.1, -0.05) is 0 Å². The first-order valence-corrected chi connectivity index (χ1v) is 8.55. The molecule has 0 rings (SSSR count). The minimum absolute atomic E-state index is 0.0891. The molecule has 0 aliphatic heterocycles. The Kier molecular flexibility index (Phi) is 11.2. The predicted octanol–water partition coefficient (Wildman–Crippen LogP) is -4.06. The molecule has 160 valence electrons. The number of aliphatic imine (C=N–C) groups is 1. The molecule has 0 saturated carbocycles. The second kappa shape index (κ2) is 12.5. The first-order chi connectivity index (χ1) is 13.0. The molecule has 11 N–H and O–H groups in total. The average Bonchev–Trinajstić information content (AvgIpc) is 2.60. The Bertz CT molecular complexity index is 591. The third-order valence-corrected chi connectivity index (χ3v) is 3.58. The molecule has 0 aromatic carbocycles. The number of aliphatic carboxylic acids is 1. The Morgan fingerprint density at radius 3 is 2.18 bits per heavy atom. The summed E-state index contributed by atoms with van der Waals surface area (Å²) in [7, 11) is 0. The molecule has 0 saturated heterocycles. The number of hydrogen-bond donors (Lipinski definition) is 8. The van der Waals surface area contributed by atoms with Crippen LogP contribution in [0, 0.1) is 0 Å². The van der Waals surface area contributed by atoms with Gasteiger partial charge in [0.15, 0.2) is 5.96 Å². The highest BCUT2D eigenvalue weighted by atomic mass is 16.4. The van der Waals surface area contributed by atoms with Crippen molar-refractivity contribution in [2.45, 2.75) is 50.9 Å². The number of hydrogen-bond acceptors (Lipinski definition) is 7. The minimum Gasteiger partial charge on any atom is -0.480 e. The summed E-state index contributed by atoms with van der Waals surface area (Å²) in [6.07, 6.45) is -0.676. The zero-order chi connectivity index (χ0) is 21.9. The maximum absolute atomic E-state index is 12.1. The molecule has 0 aromatic rings. The maximum Gasteiger partial charge on any atom is 0.326 e. The first kappa shape index (κ1) is 25.1. The normalized spacial score (nSPS) is 14.7. The second-order valence-electron chi connectivity index (χ2n) is 6.12. The largest absolute Gasteiger partial charge is 0.480 e. The van der Waals surface area contributed by atoms with E-state index in [0.717, 1.165) is 0 Å². The number of nitrogens with zero attached hydrogens (tertiary/aromatic N) is 1. The van der Waals surface area contributed by atoms with Crippen LogP contribution in [0.4, 0.5) is 0 Å². The van der Waals surface area contributed by atoms with Gasteiger partial charge in [0.1, 0.15) is 18.1 Å². The molecule has 13 heteroatoms. The number of rotatable bonds is 12. The SMILES string of the molecule is CC(NC(=O)CNC(=O)C(N)C(C)O)C(=O)NC(CCCN=C(N)N)C(=O)O. The van der Waals surface area contributed by atoms with E-state index in [-0.39, 0.29) is 18.9 Å². The lowest BCUT2D eigenvalue weighted by Gasteiger charge is -2.19. The van der Waals surface area contributed by atoms with E-state index in [1.807, 2.05) is 0 Å². The van der Waals surface area contributed by atoms with E-state index < -0.39 is 54.5 Å². The number of nitrogens with two attached hydrogens (primary N) is 3. The Labute approximate surface area is 162 Å². The molecule has 0 spiro atoms. The van der Waals surface area contributed by atoms with Crippen molar-refractivity contribution in [3.63, 3.8) is 0 Å². The summed E-state index contributed by atoms with van der Waals surface area (Å²) in [5, 5.41) is 25.2. The lowest BCUT2D eigenvalue weighted by Crippen LogP contribution is -2.53. The first-order valence-electron chi connectivity index (χ1n) is 8.55. The van der Waals surface area contributed by atoms with Crippen molar-refractivity contribution >= 4 is 29.7 Å². The standard InChI is InChI=1S/C15H29N7O6/c1-7(21-10(24)6-20-13(26)11(16)8(2)23)12(25)22-9(14(27)28)4-3-5-19-15(17)18/h7-9,11,23H,3-6,16H2,1-2H3,(H,20,26)(H,21,24)(H,22,25)(H,27,28)(H4,17,18,19). The zero-order valence-electron chi connectivity index (χ0n) is 15.8. The van der Waals surface area contributed by atoms with Crippen LogP contribution < -0.4 is 33.2 Å². The van der Waals surface area contributed by atoms with Gasteiger partial charge in [-0.2, -0.15) is 0 Å².